The number of methoxy groups -OCH3 is 1. The number of hydrogen-bond donors (Lipinski definition) is 1. The van der Waals surface area contributed by atoms with Crippen molar-refractivity contribution in [2.24, 2.45) is 10.7 Å². The molecule has 0 aliphatic rings. The fraction of sp³-hybridized carbons (Fsp3) is 0.100. The molecule has 0 aliphatic carbocycles. The van der Waals surface area contributed by atoms with Crippen molar-refractivity contribution in [2.75, 3.05) is 7.11 Å². The first kappa shape index (κ1) is 10.4. The first-order valence-corrected chi connectivity index (χ1v) is 4.12. The Morgan fingerprint density at radius 3 is 2.93 bits per heavy atom. The van der Waals surface area contributed by atoms with Crippen LogP contribution in [0.3, 0.4) is 0 Å². The van der Waals surface area contributed by atoms with E-state index < -0.39 is 0 Å². The van der Waals surface area contributed by atoms with Crippen LogP contribution in [0.25, 0.3) is 0 Å². The minimum atomic E-state index is 0.598. The number of nitrogens with zero attached hydrogens (tertiary/aromatic N) is 1. The zero-order chi connectivity index (χ0) is 10.4. The van der Waals surface area contributed by atoms with Gasteiger partial charge < -0.3 is 10.5 Å². The molecule has 0 atom stereocenters. The van der Waals surface area contributed by atoms with Crippen LogP contribution in [0.2, 0.25) is 0 Å². The molecular weight excluding hydrogens is 175 g/mol. The molecule has 70 valence electrons. The smallest absolute Gasteiger partial charge is 0.119 e. The average Bonchev–Trinajstić information content (AvgIpc) is 2.21. The second-order valence-corrected chi connectivity index (χ2v) is 2.59. The van der Waals surface area contributed by atoms with E-state index in [4.69, 9.17) is 18.3 Å². The first-order valence-electron chi connectivity index (χ1n) is 4.12. The van der Waals surface area contributed by atoms with Crippen molar-refractivity contribution in [1.82, 2.24) is 0 Å². The molecule has 14 heavy (non-hydrogen) atoms. The van der Waals surface area contributed by atoms with E-state index in [2.05, 4.69) is 4.99 Å². The Morgan fingerprint density at radius 2 is 2.29 bits per heavy atom. The molecule has 1 rings (SSSR count). The molecule has 0 aromatic heterocycles. The second-order valence-electron chi connectivity index (χ2n) is 2.59. The number of ether oxygens (including phenoxy) is 1. The first-order chi connectivity index (χ1) is 6.77. The van der Waals surface area contributed by atoms with Gasteiger partial charge in [0.05, 0.1) is 12.8 Å². The Labute approximate surface area is 84.7 Å². The van der Waals surface area contributed by atoms with Crippen molar-refractivity contribution < 1.29 is 4.74 Å². The SMILES string of the molecule is [B]c1ccc(N=CC=CN)cc1OC. The zero-order valence-electron chi connectivity index (χ0n) is 7.97. The summed E-state index contributed by atoms with van der Waals surface area (Å²) in [5.74, 6) is 0.622. The molecule has 0 saturated carbocycles. The molecule has 0 fully saturated rings. The maximum Gasteiger partial charge on any atom is 0.119 e. The van der Waals surface area contributed by atoms with Crippen LogP contribution in [-0.2, 0) is 0 Å². The Morgan fingerprint density at radius 1 is 1.50 bits per heavy atom. The lowest BCUT2D eigenvalue weighted by Crippen LogP contribution is -2.05. The zero-order valence-corrected chi connectivity index (χ0v) is 7.97. The van der Waals surface area contributed by atoms with Crippen molar-refractivity contribution in [3.63, 3.8) is 0 Å². The van der Waals surface area contributed by atoms with Gasteiger partial charge in [0.1, 0.15) is 13.6 Å². The summed E-state index contributed by atoms with van der Waals surface area (Å²) in [6.07, 6.45) is 4.66. The van der Waals surface area contributed by atoms with Crippen LogP contribution in [-0.4, -0.2) is 21.2 Å². The maximum absolute atomic E-state index is 5.64. The van der Waals surface area contributed by atoms with Crippen LogP contribution < -0.4 is 15.9 Å². The molecule has 0 heterocycles. The Bertz CT molecular complexity index is 361. The number of rotatable bonds is 3. The van der Waals surface area contributed by atoms with E-state index in [0.717, 1.165) is 5.69 Å². The minimum Gasteiger partial charge on any atom is -0.497 e. The lowest BCUT2D eigenvalue weighted by atomic mass is 9.95. The van der Waals surface area contributed by atoms with Crippen molar-refractivity contribution >= 4 is 25.2 Å². The highest BCUT2D eigenvalue weighted by molar-refractivity contribution is 6.34. The van der Waals surface area contributed by atoms with Gasteiger partial charge in [-0.1, -0.05) is 11.5 Å². The van der Waals surface area contributed by atoms with E-state index in [9.17, 15) is 0 Å². The molecule has 0 amide bonds. The topological polar surface area (TPSA) is 47.6 Å². The number of aliphatic imine (C=N–C) groups is 1. The van der Waals surface area contributed by atoms with Gasteiger partial charge in [0, 0.05) is 12.3 Å². The van der Waals surface area contributed by atoms with E-state index in [1.54, 1.807) is 37.6 Å². The third kappa shape index (κ3) is 2.66. The molecule has 3 nitrogen and oxygen atoms in total. The Hall–Kier alpha value is -1.71. The van der Waals surface area contributed by atoms with E-state index in [1.165, 1.54) is 6.20 Å². The third-order valence-corrected chi connectivity index (χ3v) is 1.64. The van der Waals surface area contributed by atoms with E-state index in [1.807, 2.05) is 0 Å². The quantitative estimate of drug-likeness (QED) is 0.556. The summed E-state index contributed by atoms with van der Waals surface area (Å²) >= 11 is 0. The average molecular weight is 186 g/mol. The van der Waals surface area contributed by atoms with Gasteiger partial charge in [-0.15, -0.1) is 0 Å². The second kappa shape index (κ2) is 5.12. The van der Waals surface area contributed by atoms with Crippen molar-refractivity contribution in [1.29, 1.82) is 0 Å². The lowest BCUT2D eigenvalue weighted by Gasteiger charge is -2.04. The molecular formula is C10H11BN2O. The Balaban J connectivity index is 2.89. The van der Waals surface area contributed by atoms with Gasteiger partial charge in [-0.05, 0) is 18.3 Å². The van der Waals surface area contributed by atoms with E-state index in [-0.39, 0.29) is 0 Å². The van der Waals surface area contributed by atoms with Gasteiger partial charge in [0.15, 0.2) is 0 Å². The molecule has 2 radical (unpaired) electrons. The largest absolute Gasteiger partial charge is 0.497 e. The monoisotopic (exact) mass is 186 g/mol. The summed E-state index contributed by atoms with van der Waals surface area (Å²) < 4.78 is 5.05. The highest BCUT2D eigenvalue weighted by atomic mass is 16.5. The summed E-state index contributed by atoms with van der Waals surface area (Å²) in [4.78, 5) is 4.12. The molecule has 4 heteroatoms. The summed E-state index contributed by atoms with van der Waals surface area (Å²) in [6, 6.07) is 5.31. The molecule has 0 bridgehead atoms. The van der Waals surface area contributed by atoms with Crippen LogP contribution >= 0.6 is 0 Å². The van der Waals surface area contributed by atoms with Crippen LogP contribution in [0, 0.1) is 0 Å². The molecule has 0 spiro atoms. The fourth-order valence-electron chi connectivity index (χ4n) is 0.959. The summed E-state index contributed by atoms with van der Waals surface area (Å²) in [7, 11) is 7.21. The molecule has 0 unspecified atom stereocenters. The predicted molar refractivity (Wildman–Crippen MR) is 59.9 cm³/mol. The van der Waals surface area contributed by atoms with Gasteiger partial charge >= 0.3 is 0 Å². The number of benzene rings is 1. The van der Waals surface area contributed by atoms with Crippen molar-refractivity contribution in [2.45, 2.75) is 0 Å². The van der Waals surface area contributed by atoms with Gasteiger partial charge in [-0.3, -0.25) is 4.99 Å². The van der Waals surface area contributed by atoms with Gasteiger partial charge in [0.2, 0.25) is 0 Å². The minimum absolute atomic E-state index is 0.598. The highest BCUT2D eigenvalue weighted by Crippen LogP contribution is 2.16. The maximum atomic E-state index is 5.64. The number of allylic oxidation sites excluding steroid dienone is 1. The number of nitrogens with two attached hydrogens (primary N) is 1. The number of hydrogen-bond acceptors (Lipinski definition) is 3. The molecule has 0 aliphatic heterocycles. The lowest BCUT2D eigenvalue weighted by molar-refractivity contribution is 0.418. The summed E-state index contributed by atoms with van der Waals surface area (Å²) in [6.45, 7) is 0. The van der Waals surface area contributed by atoms with Crippen molar-refractivity contribution in [3.8, 4) is 5.75 Å². The summed E-state index contributed by atoms with van der Waals surface area (Å²) in [5.41, 5.74) is 6.53. The normalized spacial score (nSPS) is 11.2. The van der Waals surface area contributed by atoms with Gasteiger partial charge in [-0.25, -0.2) is 0 Å². The summed E-state index contributed by atoms with van der Waals surface area (Å²) in [5, 5.41) is 0. The molecule has 1 aromatic rings. The van der Waals surface area contributed by atoms with Gasteiger partial charge in [0.25, 0.3) is 0 Å². The molecule has 1 aromatic carbocycles. The standard InChI is InChI=1S/C10H11BN2O/c1-14-10-7-8(3-4-9(10)11)13-6-2-5-12/h2-7H,12H2,1H3. The van der Waals surface area contributed by atoms with Crippen LogP contribution in [0.1, 0.15) is 0 Å². The van der Waals surface area contributed by atoms with E-state index in [0.29, 0.717) is 11.2 Å². The Kier molecular flexibility index (Phi) is 3.79. The predicted octanol–water partition coefficient (Wildman–Crippen LogP) is 0.664. The van der Waals surface area contributed by atoms with Gasteiger partial charge in [-0.2, -0.15) is 0 Å². The van der Waals surface area contributed by atoms with E-state index >= 15 is 0 Å². The molecule has 0 saturated heterocycles. The van der Waals surface area contributed by atoms with Crippen molar-refractivity contribution in [3.05, 3.63) is 30.5 Å². The van der Waals surface area contributed by atoms with Crippen LogP contribution in [0.4, 0.5) is 5.69 Å². The van der Waals surface area contributed by atoms with Crippen LogP contribution in [0.5, 0.6) is 5.75 Å². The fourth-order valence-corrected chi connectivity index (χ4v) is 0.959. The highest BCUT2D eigenvalue weighted by Gasteiger charge is 1.97. The molecule has 2 N–H and O–H groups in total. The van der Waals surface area contributed by atoms with Crippen LogP contribution in [0.15, 0.2) is 35.5 Å². The third-order valence-electron chi connectivity index (χ3n) is 1.64.